The third kappa shape index (κ3) is 2.87. The summed E-state index contributed by atoms with van der Waals surface area (Å²) in [5.74, 6) is 0.497. The van der Waals surface area contributed by atoms with E-state index in [1.807, 2.05) is 0 Å². The van der Waals surface area contributed by atoms with Gasteiger partial charge in [0.05, 0.1) is 21.3 Å². The van der Waals surface area contributed by atoms with Crippen LogP contribution in [0.1, 0.15) is 12.8 Å². The Morgan fingerprint density at radius 1 is 1.24 bits per heavy atom. The van der Waals surface area contributed by atoms with Gasteiger partial charge in [-0.05, 0) is 18.0 Å². The van der Waals surface area contributed by atoms with Gasteiger partial charge in [-0.2, -0.15) is 0 Å². The monoisotopic (exact) mass is 253 g/mol. The zero-order valence-corrected chi connectivity index (χ0v) is 12.1. The molecule has 3 nitrogen and oxygen atoms in total. The summed E-state index contributed by atoms with van der Waals surface area (Å²) < 4.78 is 5.50. The molecule has 0 aromatic rings. The quantitative estimate of drug-likeness (QED) is 0.615. The highest BCUT2D eigenvalue weighted by molar-refractivity contribution is 6.87. The fraction of sp³-hybridized carbons (Fsp3) is 0.769. The van der Waals surface area contributed by atoms with Crippen molar-refractivity contribution in [1.82, 2.24) is 5.32 Å². The number of ketones is 1. The summed E-state index contributed by atoms with van der Waals surface area (Å²) >= 11 is 0. The van der Waals surface area contributed by atoms with E-state index in [1.54, 1.807) is 0 Å². The molecule has 2 aliphatic rings. The smallest absolute Gasteiger partial charge is 0.157 e. The van der Waals surface area contributed by atoms with E-state index >= 15 is 0 Å². The second-order valence-corrected chi connectivity index (χ2v) is 11.5. The van der Waals surface area contributed by atoms with Crippen molar-refractivity contribution in [2.45, 2.75) is 44.6 Å². The van der Waals surface area contributed by atoms with Crippen molar-refractivity contribution in [3.05, 3.63) is 11.8 Å². The summed E-state index contributed by atoms with van der Waals surface area (Å²) in [5.41, 5.74) is 0. The van der Waals surface area contributed by atoms with Gasteiger partial charge in [-0.15, -0.1) is 0 Å². The van der Waals surface area contributed by atoms with Gasteiger partial charge in [0.25, 0.3) is 0 Å². The average Bonchev–Trinajstić information content (AvgIpc) is 2.25. The summed E-state index contributed by atoms with van der Waals surface area (Å²) in [7, 11) is -1.54. The number of fused-ring (bicyclic) bond motifs is 2. The Kier molecular flexibility index (Phi) is 3.57. The number of allylic oxidation sites excluding steroid dienone is 1. The summed E-state index contributed by atoms with van der Waals surface area (Å²) in [6, 6.07) is 0.733. The van der Waals surface area contributed by atoms with Gasteiger partial charge < -0.3 is 10.1 Å². The van der Waals surface area contributed by atoms with Gasteiger partial charge in [0, 0.05) is 18.0 Å². The minimum absolute atomic E-state index is 0.175. The van der Waals surface area contributed by atoms with E-state index in [-0.39, 0.29) is 5.92 Å². The molecular formula is C13H23NO2Si. The zero-order valence-electron chi connectivity index (χ0n) is 11.1. The van der Waals surface area contributed by atoms with Crippen LogP contribution in [0.3, 0.4) is 0 Å². The molecule has 17 heavy (non-hydrogen) atoms. The van der Waals surface area contributed by atoms with Crippen molar-refractivity contribution in [2.24, 2.45) is 5.92 Å². The van der Waals surface area contributed by atoms with Crippen molar-refractivity contribution < 1.29 is 9.53 Å². The van der Waals surface area contributed by atoms with Crippen LogP contribution in [-0.2, 0) is 9.53 Å². The van der Waals surface area contributed by atoms with Crippen LogP contribution in [0.25, 0.3) is 0 Å². The van der Waals surface area contributed by atoms with Crippen LogP contribution in [0.15, 0.2) is 11.8 Å². The number of rotatable bonds is 3. The number of morpholine rings is 1. The molecule has 0 amide bonds. The normalized spacial score (nSPS) is 33.2. The van der Waals surface area contributed by atoms with Crippen molar-refractivity contribution >= 4 is 13.9 Å². The standard InChI is InChI=1S/C13H23NO2Si/c1-9(17(2,3)4)13(15)10-5-11-7-16-8-12(6-10)14-11/h10-12,14H,1,5-8H2,2-4H3. The molecule has 0 saturated carbocycles. The molecule has 0 spiro atoms. The number of carbonyl (C=O) groups is 1. The second-order valence-electron chi connectivity index (χ2n) is 6.36. The minimum atomic E-state index is -1.54. The molecule has 2 aliphatic heterocycles. The van der Waals surface area contributed by atoms with Crippen molar-refractivity contribution in [2.75, 3.05) is 13.2 Å². The lowest BCUT2D eigenvalue weighted by atomic mass is 9.84. The van der Waals surface area contributed by atoms with E-state index in [0.29, 0.717) is 17.9 Å². The highest BCUT2D eigenvalue weighted by Crippen LogP contribution is 2.28. The maximum Gasteiger partial charge on any atom is 0.157 e. The molecule has 1 N–H and O–H groups in total. The van der Waals surface area contributed by atoms with E-state index in [1.165, 1.54) is 0 Å². The number of hydrogen-bond donors (Lipinski definition) is 1. The third-order valence-corrected chi connectivity index (χ3v) is 5.88. The summed E-state index contributed by atoms with van der Waals surface area (Å²) in [6.45, 7) is 12.1. The molecule has 0 aromatic heterocycles. The lowest BCUT2D eigenvalue weighted by Gasteiger charge is -2.40. The Bertz CT molecular complexity index is 323. The molecule has 2 bridgehead atoms. The van der Waals surface area contributed by atoms with Crippen LogP contribution in [-0.4, -0.2) is 39.2 Å². The van der Waals surface area contributed by atoms with Gasteiger partial charge in [0.2, 0.25) is 0 Å². The van der Waals surface area contributed by atoms with Gasteiger partial charge in [0.15, 0.2) is 5.78 Å². The number of piperidine rings is 1. The predicted octanol–water partition coefficient (Wildman–Crippen LogP) is 1.76. The third-order valence-electron chi connectivity index (χ3n) is 3.82. The Hall–Kier alpha value is -0.453. The first-order chi connectivity index (χ1) is 7.88. The van der Waals surface area contributed by atoms with Crippen molar-refractivity contribution in [3.63, 3.8) is 0 Å². The number of hydrogen-bond acceptors (Lipinski definition) is 3. The molecule has 2 saturated heterocycles. The maximum atomic E-state index is 12.4. The summed E-state index contributed by atoms with van der Waals surface area (Å²) in [6.07, 6.45) is 1.83. The largest absolute Gasteiger partial charge is 0.378 e. The lowest BCUT2D eigenvalue weighted by molar-refractivity contribution is -0.121. The van der Waals surface area contributed by atoms with E-state index in [2.05, 4.69) is 31.5 Å². The Morgan fingerprint density at radius 2 is 1.76 bits per heavy atom. The molecule has 2 fully saturated rings. The molecule has 4 heteroatoms. The summed E-state index contributed by atoms with van der Waals surface area (Å²) in [5, 5.41) is 4.43. The Balaban J connectivity index is 2.03. The first-order valence-electron chi connectivity index (χ1n) is 6.45. The predicted molar refractivity (Wildman–Crippen MR) is 71.7 cm³/mol. The molecule has 2 unspecified atom stereocenters. The molecule has 2 rings (SSSR count). The molecule has 96 valence electrons. The van der Waals surface area contributed by atoms with Gasteiger partial charge in [-0.3, -0.25) is 4.79 Å². The van der Waals surface area contributed by atoms with Crippen LogP contribution < -0.4 is 5.32 Å². The topological polar surface area (TPSA) is 38.3 Å². The fourth-order valence-electron chi connectivity index (χ4n) is 2.67. The van der Waals surface area contributed by atoms with Crippen LogP contribution in [0.2, 0.25) is 19.6 Å². The molecule has 2 atom stereocenters. The van der Waals surface area contributed by atoms with Crippen molar-refractivity contribution in [1.29, 1.82) is 0 Å². The number of Topliss-reactive ketones (excluding diaryl/α,β-unsaturated/α-hetero) is 1. The van der Waals surface area contributed by atoms with Crippen molar-refractivity contribution in [3.8, 4) is 0 Å². The Morgan fingerprint density at radius 3 is 2.24 bits per heavy atom. The first-order valence-corrected chi connectivity index (χ1v) is 9.95. The van der Waals surface area contributed by atoms with E-state index in [9.17, 15) is 4.79 Å². The maximum absolute atomic E-state index is 12.4. The molecule has 2 heterocycles. The highest BCUT2D eigenvalue weighted by Gasteiger charge is 2.37. The number of nitrogens with one attached hydrogen (secondary N) is 1. The lowest BCUT2D eigenvalue weighted by Crippen LogP contribution is -2.55. The summed E-state index contributed by atoms with van der Waals surface area (Å²) in [4.78, 5) is 12.4. The molecular weight excluding hydrogens is 230 g/mol. The average molecular weight is 253 g/mol. The van der Waals surface area contributed by atoms with E-state index < -0.39 is 8.07 Å². The first kappa shape index (κ1) is 13.0. The highest BCUT2D eigenvalue weighted by atomic mass is 28.3. The second kappa shape index (κ2) is 4.67. The number of carbonyl (C=O) groups excluding carboxylic acids is 1. The van der Waals surface area contributed by atoms with E-state index in [4.69, 9.17) is 4.74 Å². The number of ether oxygens (including phenoxy) is 1. The van der Waals surface area contributed by atoms with Crippen LogP contribution in [0.4, 0.5) is 0 Å². The minimum Gasteiger partial charge on any atom is -0.378 e. The van der Waals surface area contributed by atoms with E-state index in [0.717, 1.165) is 31.3 Å². The molecule has 0 radical (unpaired) electrons. The van der Waals surface area contributed by atoms with Crippen LogP contribution >= 0.6 is 0 Å². The SMILES string of the molecule is C=C(C(=O)C1CC2COCC(C1)N2)[Si](C)(C)C. The van der Waals surface area contributed by atoms with Crippen LogP contribution in [0, 0.1) is 5.92 Å². The molecule has 0 aliphatic carbocycles. The zero-order chi connectivity index (χ0) is 12.6. The van der Waals surface area contributed by atoms with Gasteiger partial charge in [-0.1, -0.05) is 26.2 Å². The van der Waals surface area contributed by atoms with Gasteiger partial charge >= 0.3 is 0 Å². The molecule has 0 aromatic carbocycles. The fourth-order valence-corrected chi connectivity index (χ4v) is 3.61. The van der Waals surface area contributed by atoms with Gasteiger partial charge in [0.1, 0.15) is 0 Å². The Labute approximate surface area is 105 Å². The van der Waals surface area contributed by atoms with Crippen LogP contribution in [0.5, 0.6) is 0 Å². The van der Waals surface area contributed by atoms with Gasteiger partial charge in [-0.25, -0.2) is 0 Å².